The van der Waals surface area contributed by atoms with Crippen molar-refractivity contribution in [2.24, 2.45) is 0 Å². The molecule has 1 aliphatic carbocycles. The molecule has 28 heavy (non-hydrogen) atoms. The van der Waals surface area contributed by atoms with Crippen LogP contribution in [0.1, 0.15) is 25.0 Å². The Morgan fingerprint density at radius 1 is 0.679 bits per heavy atom. The second-order valence-corrected chi connectivity index (χ2v) is 8.09. The molecule has 0 unspecified atom stereocenters. The van der Waals surface area contributed by atoms with Crippen molar-refractivity contribution < 1.29 is 0 Å². The molecule has 0 saturated carbocycles. The highest BCUT2D eigenvalue weighted by Gasteiger charge is 2.34. The first kappa shape index (κ1) is 15.6. The van der Waals surface area contributed by atoms with E-state index in [0.29, 0.717) is 0 Å². The number of fused-ring (bicyclic) bond motifs is 2. The molecule has 0 bridgehead atoms. The number of pyridine rings is 1. The Balaban J connectivity index is 1.92. The first-order valence-electron chi connectivity index (χ1n) is 9.76. The monoisotopic (exact) mass is 360 g/mol. The number of aromatic nitrogens is 2. The topological polar surface area (TPSA) is 17.8 Å². The molecule has 0 radical (unpaired) electrons. The normalized spacial score (nSPS) is 14.4. The fraction of sp³-hybridized carbons (Fsp3) is 0.115. The summed E-state index contributed by atoms with van der Waals surface area (Å²) in [5.41, 5.74) is 8.54. The maximum Gasteiger partial charge on any atom is 0.0749 e. The summed E-state index contributed by atoms with van der Waals surface area (Å²) in [7, 11) is 0. The van der Waals surface area contributed by atoms with Crippen molar-refractivity contribution >= 4 is 21.8 Å². The minimum atomic E-state index is -0.127. The van der Waals surface area contributed by atoms with Gasteiger partial charge in [0.2, 0.25) is 0 Å². The zero-order valence-corrected chi connectivity index (χ0v) is 16.0. The van der Waals surface area contributed by atoms with E-state index in [1.165, 1.54) is 44.2 Å². The Labute approximate surface area is 164 Å². The van der Waals surface area contributed by atoms with Gasteiger partial charge in [0.05, 0.1) is 16.7 Å². The third kappa shape index (κ3) is 1.85. The summed E-state index contributed by atoms with van der Waals surface area (Å²) in [6.45, 7) is 4.64. The highest BCUT2D eigenvalue weighted by Crippen LogP contribution is 2.49. The summed E-state index contributed by atoms with van der Waals surface area (Å²) in [6.07, 6.45) is 1.91. The Bertz CT molecular complexity index is 1370. The molecule has 5 aromatic rings. The third-order valence-corrected chi connectivity index (χ3v) is 6.24. The van der Waals surface area contributed by atoms with Crippen LogP contribution >= 0.6 is 0 Å². The van der Waals surface area contributed by atoms with Gasteiger partial charge in [0.1, 0.15) is 0 Å². The standard InChI is InChI=1S/C26H20N2/c1-26(2)19-12-7-15-22-24(19)23-18(25-20(26)13-8-16-27-25)11-6-14-21(23)28(22)17-9-4-3-5-10-17/h3-16H,1-2H3. The van der Waals surface area contributed by atoms with Crippen molar-refractivity contribution in [3.05, 3.63) is 96.2 Å². The van der Waals surface area contributed by atoms with E-state index >= 15 is 0 Å². The van der Waals surface area contributed by atoms with Crippen LogP contribution in [0.5, 0.6) is 0 Å². The zero-order valence-electron chi connectivity index (χ0n) is 16.0. The van der Waals surface area contributed by atoms with E-state index in [4.69, 9.17) is 4.98 Å². The highest BCUT2D eigenvalue weighted by molar-refractivity contribution is 6.18. The van der Waals surface area contributed by atoms with Gasteiger partial charge in [0.15, 0.2) is 0 Å². The van der Waals surface area contributed by atoms with E-state index in [-0.39, 0.29) is 5.41 Å². The van der Waals surface area contributed by atoms with Crippen molar-refractivity contribution in [2.75, 3.05) is 0 Å². The van der Waals surface area contributed by atoms with Crippen molar-refractivity contribution in [1.29, 1.82) is 0 Å². The number of para-hydroxylation sites is 1. The molecule has 0 amide bonds. The van der Waals surface area contributed by atoms with E-state index in [2.05, 4.69) is 97.3 Å². The lowest BCUT2D eigenvalue weighted by Gasteiger charge is -2.27. The average molecular weight is 360 g/mol. The van der Waals surface area contributed by atoms with Crippen LogP contribution in [0, 0.1) is 0 Å². The first-order valence-corrected chi connectivity index (χ1v) is 9.76. The molecule has 134 valence electrons. The molecular formula is C26H20N2. The predicted molar refractivity (Wildman–Crippen MR) is 116 cm³/mol. The summed E-state index contributed by atoms with van der Waals surface area (Å²) in [5.74, 6) is 0. The van der Waals surface area contributed by atoms with Crippen LogP contribution < -0.4 is 0 Å². The third-order valence-electron chi connectivity index (χ3n) is 6.24. The highest BCUT2D eigenvalue weighted by atomic mass is 15.0. The van der Waals surface area contributed by atoms with Crippen molar-refractivity contribution in [2.45, 2.75) is 19.3 Å². The van der Waals surface area contributed by atoms with Gasteiger partial charge in [-0.25, -0.2) is 0 Å². The summed E-state index contributed by atoms with van der Waals surface area (Å²) < 4.78 is 2.39. The minimum Gasteiger partial charge on any atom is -0.309 e. The Hall–Kier alpha value is -3.39. The number of hydrogen-bond donors (Lipinski definition) is 0. The zero-order chi connectivity index (χ0) is 18.9. The maximum atomic E-state index is 4.84. The molecule has 0 fully saturated rings. The minimum absolute atomic E-state index is 0.127. The number of hydrogen-bond acceptors (Lipinski definition) is 1. The smallest absolute Gasteiger partial charge is 0.0749 e. The summed E-state index contributed by atoms with van der Waals surface area (Å²) >= 11 is 0. The van der Waals surface area contributed by atoms with Gasteiger partial charge < -0.3 is 4.57 Å². The van der Waals surface area contributed by atoms with E-state index in [9.17, 15) is 0 Å². The lowest BCUT2D eigenvalue weighted by molar-refractivity contribution is 0.647. The SMILES string of the molecule is CC1(C)c2cccnc2-c2cccc3c2c2c1cccc2n3-c1ccccc1. The van der Waals surface area contributed by atoms with Gasteiger partial charge in [-0.05, 0) is 41.5 Å². The van der Waals surface area contributed by atoms with Crippen LogP contribution in [0.4, 0.5) is 0 Å². The Kier molecular flexibility index (Phi) is 2.98. The van der Waals surface area contributed by atoms with E-state index in [0.717, 1.165) is 5.69 Å². The summed E-state index contributed by atoms with van der Waals surface area (Å²) in [6, 6.07) is 28.3. The molecule has 0 spiro atoms. The number of rotatable bonds is 1. The van der Waals surface area contributed by atoms with Crippen molar-refractivity contribution in [3.8, 4) is 16.9 Å². The van der Waals surface area contributed by atoms with E-state index < -0.39 is 0 Å². The quantitative estimate of drug-likeness (QED) is 0.334. The molecule has 0 aliphatic heterocycles. The Morgan fingerprint density at radius 2 is 1.39 bits per heavy atom. The molecule has 2 aromatic heterocycles. The van der Waals surface area contributed by atoms with Gasteiger partial charge in [0.25, 0.3) is 0 Å². The van der Waals surface area contributed by atoms with E-state index in [1.807, 2.05) is 6.20 Å². The molecule has 1 aliphatic rings. The van der Waals surface area contributed by atoms with E-state index in [1.54, 1.807) is 0 Å². The van der Waals surface area contributed by atoms with Gasteiger partial charge in [-0.15, -0.1) is 0 Å². The largest absolute Gasteiger partial charge is 0.309 e. The average Bonchev–Trinajstić information content (AvgIpc) is 3.04. The van der Waals surface area contributed by atoms with Crippen molar-refractivity contribution in [1.82, 2.24) is 9.55 Å². The first-order chi connectivity index (χ1) is 13.7. The van der Waals surface area contributed by atoms with Crippen LogP contribution in [0.15, 0.2) is 85.1 Å². The molecule has 2 nitrogen and oxygen atoms in total. The molecule has 0 N–H and O–H groups in total. The van der Waals surface area contributed by atoms with Gasteiger partial charge in [-0.3, -0.25) is 4.98 Å². The fourth-order valence-electron chi connectivity index (χ4n) is 4.95. The lowest BCUT2D eigenvalue weighted by Crippen LogP contribution is -2.20. The number of benzene rings is 3. The predicted octanol–water partition coefficient (Wildman–Crippen LogP) is 6.49. The summed E-state index contributed by atoms with van der Waals surface area (Å²) in [5, 5.41) is 2.66. The molecular weight excluding hydrogens is 340 g/mol. The second kappa shape index (κ2) is 5.32. The summed E-state index contributed by atoms with van der Waals surface area (Å²) in [4.78, 5) is 4.84. The van der Waals surface area contributed by atoms with Crippen LogP contribution in [0.25, 0.3) is 38.8 Å². The van der Waals surface area contributed by atoms with Gasteiger partial charge >= 0.3 is 0 Å². The lowest BCUT2D eigenvalue weighted by atomic mass is 9.77. The van der Waals surface area contributed by atoms with Gasteiger partial charge in [0, 0.05) is 33.6 Å². The molecule has 2 heterocycles. The van der Waals surface area contributed by atoms with Crippen molar-refractivity contribution in [3.63, 3.8) is 0 Å². The fourth-order valence-corrected chi connectivity index (χ4v) is 4.95. The molecule has 6 rings (SSSR count). The molecule has 2 heteroatoms. The van der Waals surface area contributed by atoms with Crippen LogP contribution in [-0.4, -0.2) is 9.55 Å². The Morgan fingerprint density at radius 3 is 2.21 bits per heavy atom. The molecule has 0 atom stereocenters. The molecule has 3 aromatic carbocycles. The maximum absolute atomic E-state index is 4.84. The van der Waals surface area contributed by atoms with Crippen LogP contribution in [-0.2, 0) is 5.41 Å². The van der Waals surface area contributed by atoms with Crippen LogP contribution in [0.3, 0.4) is 0 Å². The van der Waals surface area contributed by atoms with Gasteiger partial charge in [-0.1, -0.05) is 62.4 Å². The molecule has 0 saturated heterocycles. The van der Waals surface area contributed by atoms with Crippen LogP contribution in [0.2, 0.25) is 0 Å². The second-order valence-electron chi connectivity index (χ2n) is 8.09. The van der Waals surface area contributed by atoms with Gasteiger partial charge in [-0.2, -0.15) is 0 Å². The number of nitrogens with zero attached hydrogens (tertiary/aromatic N) is 2.